The van der Waals surface area contributed by atoms with E-state index >= 15 is 0 Å². The molecule has 0 spiro atoms. The molecule has 1 heterocycles. The maximum atomic E-state index is 12.3. The van der Waals surface area contributed by atoms with E-state index < -0.39 is 10.0 Å². The van der Waals surface area contributed by atoms with Gasteiger partial charge in [-0.3, -0.25) is 0 Å². The Bertz CT molecular complexity index is 987. The number of nitrogens with zero attached hydrogens (tertiary/aromatic N) is 1. The molecule has 0 aliphatic carbocycles. The predicted molar refractivity (Wildman–Crippen MR) is 96.8 cm³/mol. The van der Waals surface area contributed by atoms with E-state index in [2.05, 4.69) is 14.9 Å². The molecule has 2 N–H and O–H groups in total. The van der Waals surface area contributed by atoms with Crippen LogP contribution in [0, 0.1) is 6.92 Å². The molecule has 0 saturated carbocycles. The van der Waals surface area contributed by atoms with Gasteiger partial charge in [-0.2, -0.15) is 13.5 Å². The van der Waals surface area contributed by atoms with Gasteiger partial charge in [-0.05, 0) is 37.1 Å². The molecule has 0 atom stereocenters. The van der Waals surface area contributed by atoms with E-state index in [1.807, 2.05) is 50.2 Å². The van der Waals surface area contributed by atoms with Crippen LogP contribution in [0.3, 0.4) is 0 Å². The molecule has 0 amide bonds. The number of benzene rings is 2. The summed E-state index contributed by atoms with van der Waals surface area (Å²) in [6, 6.07) is 14.6. The number of H-pyrrole nitrogens is 1. The Kier molecular flexibility index (Phi) is 4.40. The SMILES string of the molecule is CCc1ccc(S(=O)(=O)NN=Cc2c(C)[nH]c3ccccc23)cc1. The van der Waals surface area contributed by atoms with E-state index in [9.17, 15) is 8.42 Å². The average Bonchev–Trinajstić information content (AvgIpc) is 2.90. The third kappa shape index (κ3) is 3.19. The van der Waals surface area contributed by atoms with E-state index in [1.54, 1.807) is 12.1 Å². The van der Waals surface area contributed by atoms with Crippen molar-refractivity contribution in [3.05, 3.63) is 65.4 Å². The van der Waals surface area contributed by atoms with Crippen LogP contribution in [0.2, 0.25) is 0 Å². The largest absolute Gasteiger partial charge is 0.358 e. The van der Waals surface area contributed by atoms with Crippen LogP contribution in [-0.4, -0.2) is 19.6 Å². The Balaban J connectivity index is 1.82. The van der Waals surface area contributed by atoms with E-state index in [4.69, 9.17) is 0 Å². The minimum atomic E-state index is -3.66. The first kappa shape index (κ1) is 16.3. The van der Waals surface area contributed by atoms with Gasteiger partial charge in [0.1, 0.15) is 0 Å². The lowest BCUT2D eigenvalue weighted by molar-refractivity contribution is 0.584. The van der Waals surface area contributed by atoms with Gasteiger partial charge in [0.2, 0.25) is 0 Å². The number of sulfonamides is 1. The van der Waals surface area contributed by atoms with Crippen LogP contribution in [-0.2, 0) is 16.4 Å². The van der Waals surface area contributed by atoms with E-state index in [1.165, 1.54) is 6.21 Å². The zero-order chi connectivity index (χ0) is 17.2. The fourth-order valence-corrected chi connectivity index (χ4v) is 3.37. The van der Waals surface area contributed by atoms with Crippen molar-refractivity contribution >= 4 is 27.1 Å². The molecule has 24 heavy (non-hydrogen) atoms. The molecule has 0 fully saturated rings. The third-order valence-electron chi connectivity index (χ3n) is 3.95. The summed E-state index contributed by atoms with van der Waals surface area (Å²) in [4.78, 5) is 5.72. The Hall–Kier alpha value is -2.60. The maximum absolute atomic E-state index is 12.3. The summed E-state index contributed by atoms with van der Waals surface area (Å²) in [5.74, 6) is 0. The molecule has 1 aromatic heterocycles. The summed E-state index contributed by atoms with van der Waals surface area (Å²) in [7, 11) is -3.66. The van der Waals surface area contributed by atoms with Gasteiger partial charge in [0.05, 0.1) is 11.1 Å². The second kappa shape index (κ2) is 6.49. The second-order valence-electron chi connectivity index (χ2n) is 5.56. The van der Waals surface area contributed by atoms with Gasteiger partial charge in [-0.25, -0.2) is 4.83 Å². The molecule has 124 valence electrons. The number of aromatic nitrogens is 1. The number of nitrogens with one attached hydrogen (secondary N) is 2. The van der Waals surface area contributed by atoms with Crippen molar-refractivity contribution in [3.63, 3.8) is 0 Å². The lowest BCUT2D eigenvalue weighted by atomic mass is 10.1. The number of hydrogen-bond donors (Lipinski definition) is 2. The summed E-state index contributed by atoms with van der Waals surface area (Å²) in [6.07, 6.45) is 2.40. The standard InChI is InChI=1S/C18H19N3O2S/c1-3-14-8-10-15(11-9-14)24(22,23)21-19-12-17-13(2)20-18-7-5-4-6-16(17)18/h4-12,20-21H,3H2,1-2H3. The molecule has 0 aliphatic rings. The smallest absolute Gasteiger partial charge is 0.276 e. The number of fused-ring (bicyclic) bond motifs is 1. The summed E-state index contributed by atoms with van der Waals surface area (Å²) in [5, 5.41) is 4.94. The van der Waals surface area contributed by atoms with Crippen molar-refractivity contribution in [2.45, 2.75) is 25.2 Å². The number of para-hydroxylation sites is 1. The molecule has 3 rings (SSSR count). The predicted octanol–water partition coefficient (Wildman–Crippen LogP) is 3.35. The van der Waals surface area contributed by atoms with Gasteiger partial charge in [0, 0.05) is 22.2 Å². The maximum Gasteiger partial charge on any atom is 0.276 e. The molecule has 0 radical (unpaired) electrons. The van der Waals surface area contributed by atoms with Crippen molar-refractivity contribution in [2.75, 3.05) is 0 Å². The van der Waals surface area contributed by atoms with Gasteiger partial charge in [-0.15, -0.1) is 0 Å². The van der Waals surface area contributed by atoms with E-state index in [0.29, 0.717) is 0 Å². The van der Waals surface area contributed by atoms with Gasteiger partial charge in [0.25, 0.3) is 10.0 Å². The molecular formula is C18H19N3O2S. The van der Waals surface area contributed by atoms with Crippen molar-refractivity contribution in [1.82, 2.24) is 9.82 Å². The Labute approximate surface area is 141 Å². The molecule has 6 heteroatoms. The van der Waals surface area contributed by atoms with Crippen LogP contribution in [0.1, 0.15) is 23.7 Å². The van der Waals surface area contributed by atoms with Crippen LogP contribution in [0.5, 0.6) is 0 Å². The number of aryl methyl sites for hydroxylation is 2. The topological polar surface area (TPSA) is 74.3 Å². The summed E-state index contributed by atoms with van der Waals surface area (Å²) < 4.78 is 24.6. The lowest BCUT2D eigenvalue weighted by Crippen LogP contribution is -2.18. The van der Waals surface area contributed by atoms with Crippen LogP contribution in [0.25, 0.3) is 10.9 Å². The first-order chi connectivity index (χ1) is 11.5. The minimum absolute atomic E-state index is 0.201. The molecule has 5 nitrogen and oxygen atoms in total. The van der Waals surface area contributed by atoms with Crippen molar-refractivity contribution in [2.24, 2.45) is 5.10 Å². The fourth-order valence-electron chi connectivity index (χ4n) is 2.58. The van der Waals surface area contributed by atoms with Crippen LogP contribution >= 0.6 is 0 Å². The highest BCUT2D eigenvalue weighted by Crippen LogP contribution is 2.20. The zero-order valence-electron chi connectivity index (χ0n) is 13.6. The zero-order valence-corrected chi connectivity index (χ0v) is 14.4. The molecule has 0 aliphatic heterocycles. The third-order valence-corrected chi connectivity index (χ3v) is 5.19. The minimum Gasteiger partial charge on any atom is -0.358 e. The van der Waals surface area contributed by atoms with E-state index in [0.717, 1.165) is 34.1 Å². The van der Waals surface area contributed by atoms with Crippen molar-refractivity contribution in [3.8, 4) is 0 Å². The fraction of sp³-hybridized carbons (Fsp3) is 0.167. The normalized spacial score (nSPS) is 12.1. The highest BCUT2D eigenvalue weighted by Gasteiger charge is 2.12. The first-order valence-electron chi connectivity index (χ1n) is 7.72. The second-order valence-corrected chi connectivity index (χ2v) is 7.22. The molecule has 2 aromatic carbocycles. The number of aromatic amines is 1. The quantitative estimate of drug-likeness (QED) is 0.552. The van der Waals surface area contributed by atoms with Crippen LogP contribution in [0.4, 0.5) is 0 Å². The molecule has 3 aromatic rings. The molecule has 0 bridgehead atoms. The molecular weight excluding hydrogens is 322 g/mol. The monoisotopic (exact) mass is 341 g/mol. The number of hydrazone groups is 1. The van der Waals surface area contributed by atoms with Gasteiger partial charge in [0.15, 0.2) is 0 Å². The Morgan fingerprint density at radius 3 is 2.54 bits per heavy atom. The molecule has 0 saturated heterocycles. The first-order valence-corrected chi connectivity index (χ1v) is 9.20. The summed E-state index contributed by atoms with van der Waals surface area (Å²) >= 11 is 0. The highest BCUT2D eigenvalue weighted by molar-refractivity contribution is 7.89. The molecule has 0 unspecified atom stereocenters. The van der Waals surface area contributed by atoms with Crippen molar-refractivity contribution in [1.29, 1.82) is 0 Å². The lowest BCUT2D eigenvalue weighted by Gasteiger charge is -2.04. The Morgan fingerprint density at radius 1 is 1.12 bits per heavy atom. The van der Waals surface area contributed by atoms with Crippen LogP contribution in [0.15, 0.2) is 58.5 Å². The van der Waals surface area contributed by atoms with Gasteiger partial charge in [-0.1, -0.05) is 37.3 Å². The highest BCUT2D eigenvalue weighted by atomic mass is 32.2. The number of rotatable bonds is 5. The number of hydrogen-bond acceptors (Lipinski definition) is 3. The van der Waals surface area contributed by atoms with Crippen LogP contribution < -0.4 is 4.83 Å². The average molecular weight is 341 g/mol. The van der Waals surface area contributed by atoms with Crippen molar-refractivity contribution < 1.29 is 8.42 Å². The van der Waals surface area contributed by atoms with E-state index in [-0.39, 0.29) is 4.90 Å². The Morgan fingerprint density at radius 2 is 1.83 bits per heavy atom. The van der Waals surface area contributed by atoms with Gasteiger partial charge < -0.3 is 4.98 Å². The summed E-state index contributed by atoms with van der Waals surface area (Å²) in [6.45, 7) is 3.95. The summed E-state index contributed by atoms with van der Waals surface area (Å²) in [5.41, 5.74) is 3.89. The van der Waals surface area contributed by atoms with Gasteiger partial charge >= 0.3 is 0 Å².